The van der Waals surface area contributed by atoms with Crippen molar-refractivity contribution in [3.63, 3.8) is 0 Å². The molecule has 0 spiro atoms. The third-order valence-electron chi connectivity index (χ3n) is 2.61. The van der Waals surface area contributed by atoms with Crippen molar-refractivity contribution in [3.8, 4) is 23.1 Å². The number of aliphatic imine (C=N–C) groups is 1. The molecule has 0 saturated carbocycles. The van der Waals surface area contributed by atoms with Crippen LogP contribution in [-0.4, -0.2) is 35.9 Å². The number of hydrogen-bond acceptors (Lipinski definition) is 5. The molecule has 2 rings (SSSR count). The third kappa shape index (κ3) is 3.82. The van der Waals surface area contributed by atoms with Crippen LogP contribution in [0.4, 0.5) is 5.69 Å². The number of halogens is 1. The molecule has 0 unspecified atom stereocenters. The van der Waals surface area contributed by atoms with Gasteiger partial charge in [-0.2, -0.15) is 9.97 Å². The molecule has 0 saturated heterocycles. The Hall–Kier alpha value is -2.34. The summed E-state index contributed by atoms with van der Waals surface area (Å²) < 4.78 is 10.3. The zero-order chi connectivity index (χ0) is 15.2. The van der Waals surface area contributed by atoms with Gasteiger partial charge in [-0.15, -0.1) is 11.6 Å². The van der Waals surface area contributed by atoms with Crippen LogP contribution in [0.25, 0.3) is 11.4 Å². The van der Waals surface area contributed by atoms with Crippen molar-refractivity contribution < 1.29 is 9.47 Å². The van der Waals surface area contributed by atoms with Gasteiger partial charge < -0.3 is 15.2 Å². The maximum Gasteiger partial charge on any atom is 0.220 e. The Kier molecular flexibility index (Phi) is 4.94. The van der Waals surface area contributed by atoms with Crippen molar-refractivity contribution in [1.29, 1.82) is 0 Å². The van der Waals surface area contributed by atoms with Gasteiger partial charge in [0, 0.05) is 5.56 Å². The minimum atomic E-state index is 0.174. The quantitative estimate of drug-likeness (QED) is 0.521. The summed E-state index contributed by atoms with van der Waals surface area (Å²) in [4.78, 5) is 12.8. The second kappa shape index (κ2) is 6.90. The molecule has 110 valence electrons. The largest absolute Gasteiger partial charge is 0.481 e. The van der Waals surface area contributed by atoms with Gasteiger partial charge in [-0.05, 0) is 12.1 Å². The van der Waals surface area contributed by atoms with Gasteiger partial charge in [-0.1, -0.05) is 12.1 Å². The average molecular weight is 307 g/mol. The third-order valence-corrected chi connectivity index (χ3v) is 2.89. The number of ether oxygens (including phenoxy) is 2. The Morgan fingerprint density at radius 1 is 1.19 bits per heavy atom. The summed E-state index contributed by atoms with van der Waals surface area (Å²) in [7, 11) is 3.07. The number of benzene rings is 1. The van der Waals surface area contributed by atoms with Crippen molar-refractivity contribution in [2.24, 2.45) is 10.7 Å². The van der Waals surface area contributed by atoms with Gasteiger partial charge in [0.15, 0.2) is 5.82 Å². The van der Waals surface area contributed by atoms with Crippen molar-refractivity contribution in [1.82, 2.24) is 9.97 Å². The maximum atomic E-state index is 5.63. The van der Waals surface area contributed by atoms with Crippen LogP contribution in [0, 0.1) is 0 Å². The second-order valence-corrected chi connectivity index (χ2v) is 4.33. The first kappa shape index (κ1) is 15.1. The fraction of sp³-hybridized carbons (Fsp3) is 0.214. The predicted octanol–water partition coefficient (Wildman–Crippen LogP) is 2.39. The molecule has 0 bridgehead atoms. The Morgan fingerprint density at radius 3 is 2.43 bits per heavy atom. The van der Waals surface area contributed by atoms with Crippen molar-refractivity contribution in [2.75, 3.05) is 20.1 Å². The van der Waals surface area contributed by atoms with Crippen LogP contribution in [0.3, 0.4) is 0 Å². The molecule has 1 aromatic heterocycles. The van der Waals surface area contributed by atoms with Crippen LogP contribution in [0.15, 0.2) is 35.3 Å². The number of aromatic nitrogens is 2. The van der Waals surface area contributed by atoms with E-state index in [0.717, 1.165) is 5.56 Å². The van der Waals surface area contributed by atoms with Gasteiger partial charge in [-0.25, -0.2) is 4.99 Å². The molecule has 0 aliphatic carbocycles. The molecule has 6 nitrogen and oxygen atoms in total. The lowest BCUT2D eigenvalue weighted by atomic mass is 10.2. The van der Waals surface area contributed by atoms with E-state index in [0.29, 0.717) is 29.1 Å². The Bertz CT molecular complexity index is 639. The van der Waals surface area contributed by atoms with E-state index in [2.05, 4.69) is 15.0 Å². The van der Waals surface area contributed by atoms with Crippen molar-refractivity contribution >= 4 is 23.1 Å². The monoisotopic (exact) mass is 306 g/mol. The molecule has 1 aromatic carbocycles. The van der Waals surface area contributed by atoms with Gasteiger partial charge in [0.25, 0.3) is 0 Å². The minimum absolute atomic E-state index is 0.174. The van der Waals surface area contributed by atoms with E-state index >= 15 is 0 Å². The maximum absolute atomic E-state index is 5.63. The Balaban J connectivity index is 2.44. The zero-order valence-corrected chi connectivity index (χ0v) is 12.5. The highest BCUT2D eigenvalue weighted by Crippen LogP contribution is 2.25. The summed E-state index contributed by atoms with van der Waals surface area (Å²) in [6.45, 7) is 0. The summed E-state index contributed by atoms with van der Waals surface area (Å²) in [6.07, 6.45) is 0. The molecule has 0 atom stereocenters. The highest BCUT2D eigenvalue weighted by atomic mass is 35.5. The van der Waals surface area contributed by atoms with E-state index in [-0.39, 0.29) is 5.88 Å². The van der Waals surface area contributed by atoms with Crippen LogP contribution in [0.1, 0.15) is 0 Å². The smallest absolute Gasteiger partial charge is 0.220 e. The molecule has 0 aliphatic rings. The molecule has 0 radical (unpaired) electrons. The molecule has 7 heteroatoms. The van der Waals surface area contributed by atoms with E-state index in [1.165, 1.54) is 14.2 Å². The van der Waals surface area contributed by atoms with Gasteiger partial charge in [-0.3, -0.25) is 0 Å². The first-order valence-corrected chi connectivity index (χ1v) is 6.66. The van der Waals surface area contributed by atoms with E-state index in [4.69, 9.17) is 26.8 Å². The molecule has 0 fully saturated rings. The number of rotatable bonds is 5. The Labute approximate surface area is 127 Å². The molecule has 1 heterocycles. The molecule has 2 aromatic rings. The lowest BCUT2D eigenvalue weighted by Crippen LogP contribution is -2.12. The summed E-state index contributed by atoms with van der Waals surface area (Å²) in [5.41, 5.74) is 7.08. The van der Waals surface area contributed by atoms with Gasteiger partial charge in [0.1, 0.15) is 5.84 Å². The van der Waals surface area contributed by atoms with Gasteiger partial charge >= 0.3 is 0 Å². The summed E-state index contributed by atoms with van der Waals surface area (Å²) in [5, 5.41) is 0. The topological polar surface area (TPSA) is 82.6 Å². The second-order valence-electron chi connectivity index (χ2n) is 4.06. The van der Waals surface area contributed by atoms with Crippen molar-refractivity contribution in [3.05, 3.63) is 30.3 Å². The molecule has 2 N–H and O–H groups in total. The number of amidine groups is 1. The van der Waals surface area contributed by atoms with Crippen molar-refractivity contribution in [2.45, 2.75) is 0 Å². The molecule has 0 amide bonds. The van der Waals surface area contributed by atoms with E-state index < -0.39 is 0 Å². The van der Waals surface area contributed by atoms with Gasteiger partial charge in [0.05, 0.1) is 31.9 Å². The molecule has 21 heavy (non-hydrogen) atoms. The standard InChI is InChI=1S/C14H15ClN4O2/c1-20-12-7-13(21-2)19-14(18-12)9-4-3-5-10(6-9)17-11(16)8-15/h3-7H,8H2,1-2H3,(H2,16,17). The van der Waals surface area contributed by atoms with E-state index in [1.54, 1.807) is 6.07 Å². The van der Waals surface area contributed by atoms with Crippen LogP contribution in [0.2, 0.25) is 0 Å². The summed E-state index contributed by atoms with van der Waals surface area (Å²) >= 11 is 5.62. The fourth-order valence-electron chi connectivity index (χ4n) is 1.65. The van der Waals surface area contributed by atoms with Gasteiger partial charge in [0.2, 0.25) is 11.8 Å². The number of alkyl halides is 1. The Morgan fingerprint density at radius 2 is 1.86 bits per heavy atom. The lowest BCUT2D eigenvalue weighted by molar-refractivity contribution is 0.372. The SMILES string of the molecule is COc1cc(OC)nc(-c2cccc(N=C(N)CCl)c2)n1. The number of hydrogen-bond donors (Lipinski definition) is 1. The summed E-state index contributed by atoms with van der Waals surface area (Å²) in [6, 6.07) is 8.94. The van der Waals surface area contributed by atoms with E-state index in [9.17, 15) is 0 Å². The number of nitrogens with zero attached hydrogens (tertiary/aromatic N) is 3. The van der Waals surface area contributed by atoms with Crippen LogP contribution in [0.5, 0.6) is 11.8 Å². The highest BCUT2D eigenvalue weighted by Gasteiger charge is 2.08. The minimum Gasteiger partial charge on any atom is -0.481 e. The van der Waals surface area contributed by atoms with E-state index in [1.807, 2.05) is 24.3 Å². The number of nitrogens with two attached hydrogens (primary N) is 1. The average Bonchev–Trinajstić information content (AvgIpc) is 2.54. The lowest BCUT2D eigenvalue weighted by Gasteiger charge is -2.07. The predicted molar refractivity (Wildman–Crippen MR) is 82.6 cm³/mol. The van der Waals surface area contributed by atoms with Crippen LogP contribution < -0.4 is 15.2 Å². The zero-order valence-electron chi connectivity index (χ0n) is 11.7. The van der Waals surface area contributed by atoms with Crippen LogP contribution in [-0.2, 0) is 0 Å². The highest BCUT2D eigenvalue weighted by molar-refractivity contribution is 6.28. The fourth-order valence-corrected chi connectivity index (χ4v) is 1.71. The first-order valence-electron chi connectivity index (χ1n) is 6.12. The number of methoxy groups -OCH3 is 2. The normalized spacial score (nSPS) is 11.3. The van der Waals surface area contributed by atoms with Crippen LogP contribution >= 0.6 is 11.6 Å². The molecular formula is C14H15ClN4O2. The molecular weight excluding hydrogens is 292 g/mol. The first-order chi connectivity index (χ1) is 10.2. The molecule has 0 aliphatic heterocycles. The summed E-state index contributed by atoms with van der Waals surface area (Å²) in [5.74, 6) is 1.84.